The molecule has 2 heterocycles. The Morgan fingerprint density at radius 2 is 1.92 bits per heavy atom. The number of likely N-dealkylation sites (tertiary alicyclic amines) is 1. The van der Waals surface area contributed by atoms with Crippen molar-refractivity contribution in [2.24, 2.45) is 0 Å². The third-order valence-electron chi connectivity index (χ3n) is 4.09. The molecule has 2 aromatic rings. The molecule has 1 saturated heterocycles. The van der Waals surface area contributed by atoms with E-state index in [9.17, 15) is 4.79 Å². The molecule has 0 spiro atoms. The van der Waals surface area contributed by atoms with E-state index in [-0.39, 0.29) is 5.91 Å². The maximum Gasteiger partial charge on any atom is 0.267 e. The monoisotopic (exact) mass is 363 g/mol. The Bertz CT molecular complexity index is 774. The average Bonchev–Trinajstić information content (AvgIpc) is 2.91. The number of ether oxygens (including phenoxy) is 1. The van der Waals surface area contributed by atoms with E-state index in [4.69, 9.17) is 22.7 Å². The van der Waals surface area contributed by atoms with Crippen molar-refractivity contribution in [3.05, 3.63) is 33.1 Å². The summed E-state index contributed by atoms with van der Waals surface area (Å²) in [5, 5.41) is 0. The van der Waals surface area contributed by atoms with Gasteiger partial charge in [-0.25, -0.2) is 0 Å². The number of anilines is 1. The van der Waals surface area contributed by atoms with Crippen LogP contribution < -0.4 is 10.5 Å². The highest BCUT2D eigenvalue weighted by Crippen LogP contribution is 2.29. The van der Waals surface area contributed by atoms with Gasteiger partial charge in [-0.3, -0.25) is 9.36 Å². The highest BCUT2D eigenvalue weighted by atomic mass is 32.1. The number of piperidine rings is 1. The van der Waals surface area contributed by atoms with Crippen molar-refractivity contribution in [2.45, 2.75) is 26.2 Å². The first-order valence-electron chi connectivity index (χ1n) is 8.15. The van der Waals surface area contributed by atoms with Crippen LogP contribution in [0, 0.1) is 3.95 Å². The Labute approximate surface area is 150 Å². The van der Waals surface area contributed by atoms with Crippen LogP contribution in [-0.4, -0.2) is 35.1 Å². The molecule has 0 bridgehead atoms. The van der Waals surface area contributed by atoms with E-state index < -0.39 is 0 Å². The Kier molecular flexibility index (Phi) is 5.20. The molecular formula is C17H21N3O2S2. The van der Waals surface area contributed by atoms with Crippen LogP contribution >= 0.6 is 23.6 Å². The topological polar surface area (TPSA) is 60.5 Å². The summed E-state index contributed by atoms with van der Waals surface area (Å²) in [4.78, 5) is 15.1. The number of aromatic nitrogens is 1. The largest absolute Gasteiger partial charge is 0.494 e. The van der Waals surface area contributed by atoms with Gasteiger partial charge < -0.3 is 15.4 Å². The van der Waals surface area contributed by atoms with Gasteiger partial charge in [0.15, 0.2) is 3.95 Å². The summed E-state index contributed by atoms with van der Waals surface area (Å²) >= 11 is 6.73. The second-order valence-electron chi connectivity index (χ2n) is 5.70. The average molecular weight is 364 g/mol. The maximum atomic E-state index is 12.7. The second-order valence-corrected chi connectivity index (χ2v) is 7.34. The summed E-state index contributed by atoms with van der Waals surface area (Å²) in [6.07, 6.45) is 3.29. The van der Waals surface area contributed by atoms with Crippen LogP contribution in [0.25, 0.3) is 5.69 Å². The molecule has 0 aliphatic carbocycles. The van der Waals surface area contributed by atoms with Gasteiger partial charge in [-0.15, -0.1) is 0 Å². The van der Waals surface area contributed by atoms with Crippen molar-refractivity contribution >= 4 is 35.3 Å². The van der Waals surface area contributed by atoms with Gasteiger partial charge in [-0.1, -0.05) is 11.3 Å². The van der Waals surface area contributed by atoms with Crippen LogP contribution in [0.2, 0.25) is 0 Å². The summed E-state index contributed by atoms with van der Waals surface area (Å²) in [5.41, 5.74) is 7.11. The van der Waals surface area contributed by atoms with Crippen molar-refractivity contribution in [1.82, 2.24) is 9.47 Å². The number of benzene rings is 1. The van der Waals surface area contributed by atoms with Gasteiger partial charge in [0.05, 0.1) is 6.61 Å². The van der Waals surface area contributed by atoms with Gasteiger partial charge in [0.2, 0.25) is 0 Å². The molecule has 1 aliphatic heterocycles. The predicted molar refractivity (Wildman–Crippen MR) is 99.8 cm³/mol. The molecule has 1 aromatic heterocycles. The minimum atomic E-state index is -0.00649. The van der Waals surface area contributed by atoms with E-state index in [1.54, 1.807) is 4.57 Å². The zero-order valence-corrected chi connectivity index (χ0v) is 15.3. The number of rotatable bonds is 4. The Hall–Kier alpha value is -1.86. The minimum Gasteiger partial charge on any atom is -0.494 e. The number of hydrogen-bond acceptors (Lipinski definition) is 5. The van der Waals surface area contributed by atoms with Crippen LogP contribution in [0.1, 0.15) is 35.9 Å². The Balaban J connectivity index is 1.91. The summed E-state index contributed by atoms with van der Waals surface area (Å²) in [7, 11) is 0. The summed E-state index contributed by atoms with van der Waals surface area (Å²) in [6.45, 7) is 4.16. The lowest BCUT2D eigenvalue weighted by molar-refractivity contribution is 0.0730. The molecule has 1 aromatic carbocycles. The standard InChI is InChI=1S/C17H21N3O2S2/c1-2-22-13-8-6-12(7-9-13)20-15(18)14(24-17(20)23)16(21)19-10-4-3-5-11-19/h6-9H,2-5,10-11,18H2,1H3. The number of amides is 1. The molecule has 0 unspecified atom stereocenters. The molecule has 5 nitrogen and oxygen atoms in total. The Morgan fingerprint density at radius 1 is 1.25 bits per heavy atom. The first-order valence-corrected chi connectivity index (χ1v) is 9.38. The molecule has 24 heavy (non-hydrogen) atoms. The lowest BCUT2D eigenvalue weighted by Crippen LogP contribution is -2.35. The number of thiazole rings is 1. The van der Waals surface area contributed by atoms with E-state index in [0.717, 1.165) is 37.4 Å². The molecular weight excluding hydrogens is 342 g/mol. The number of nitrogens with zero attached hydrogens (tertiary/aromatic N) is 2. The van der Waals surface area contributed by atoms with Crippen molar-refractivity contribution < 1.29 is 9.53 Å². The second kappa shape index (κ2) is 7.36. The fourth-order valence-electron chi connectivity index (χ4n) is 2.88. The van der Waals surface area contributed by atoms with Gasteiger partial charge in [-0.05, 0) is 62.7 Å². The zero-order valence-electron chi connectivity index (χ0n) is 13.7. The molecule has 2 N–H and O–H groups in total. The third-order valence-corrected chi connectivity index (χ3v) is 5.47. The first kappa shape index (κ1) is 17.0. The summed E-state index contributed by atoms with van der Waals surface area (Å²) < 4.78 is 7.79. The van der Waals surface area contributed by atoms with Crippen LogP contribution in [0.5, 0.6) is 5.75 Å². The summed E-state index contributed by atoms with van der Waals surface area (Å²) in [6, 6.07) is 7.56. The number of nitrogen functional groups attached to an aromatic ring is 1. The SMILES string of the molecule is CCOc1ccc(-n2c(N)c(C(=O)N3CCCCC3)sc2=S)cc1. The fourth-order valence-corrected chi connectivity index (χ4v) is 4.22. The molecule has 128 valence electrons. The number of nitrogens with two attached hydrogens (primary N) is 1. The van der Waals surface area contributed by atoms with Crippen LogP contribution in [0.15, 0.2) is 24.3 Å². The van der Waals surface area contributed by atoms with Crippen molar-refractivity contribution in [1.29, 1.82) is 0 Å². The number of carbonyl (C=O) groups excluding carboxylic acids is 1. The quantitative estimate of drug-likeness (QED) is 0.838. The highest BCUT2D eigenvalue weighted by molar-refractivity contribution is 7.73. The van der Waals surface area contributed by atoms with Crippen LogP contribution in [-0.2, 0) is 0 Å². The predicted octanol–water partition coefficient (Wildman–Crippen LogP) is 3.88. The molecule has 0 atom stereocenters. The van der Waals surface area contributed by atoms with Crippen molar-refractivity contribution in [3.63, 3.8) is 0 Å². The van der Waals surface area contributed by atoms with E-state index in [1.807, 2.05) is 36.1 Å². The van der Waals surface area contributed by atoms with Crippen molar-refractivity contribution in [3.8, 4) is 11.4 Å². The molecule has 0 radical (unpaired) electrons. The molecule has 1 aliphatic rings. The minimum absolute atomic E-state index is 0.00649. The lowest BCUT2D eigenvalue weighted by Gasteiger charge is -2.26. The van der Waals surface area contributed by atoms with Gasteiger partial charge >= 0.3 is 0 Å². The lowest BCUT2D eigenvalue weighted by atomic mass is 10.1. The molecule has 1 amide bonds. The Morgan fingerprint density at radius 3 is 2.54 bits per heavy atom. The molecule has 7 heteroatoms. The van der Waals surface area contributed by atoms with Gasteiger partial charge in [0.1, 0.15) is 16.4 Å². The number of carbonyl (C=O) groups is 1. The van der Waals surface area contributed by atoms with E-state index in [0.29, 0.717) is 21.3 Å². The van der Waals surface area contributed by atoms with Crippen LogP contribution in [0.4, 0.5) is 5.82 Å². The van der Waals surface area contributed by atoms with E-state index >= 15 is 0 Å². The summed E-state index contributed by atoms with van der Waals surface area (Å²) in [5.74, 6) is 1.21. The van der Waals surface area contributed by atoms with Crippen molar-refractivity contribution in [2.75, 3.05) is 25.4 Å². The van der Waals surface area contributed by atoms with Crippen LogP contribution in [0.3, 0.4) is 0 Å². The smallest absolute Gasteiger partial charge is 0.267 e. The van der Waals surface area contributed by atoms with Gasteiger partial charge in [0, 0.05) is 18.8 Å². The molecule has 3 rings (SSSR count). The molecule has 1 fully saturated rings. The van der Waals surface area contributed by atoms with E-state index in [1.165, 1.54) is 17.8 Å². The maximum absolute atomic E-state index is 12.7. The zero-order chi connectivity index (χ0) is 17.1. The van der Waals surface area contributed by atoms with Gasteiger partial charge in [0.25, 0.3) is 5.91 Å². The number of hydrogen-bond donors (Lipinski definition) is 1. The van der Waals surface area contributed by atoms with E-state index in [2.05, 4.69) is 0 Å². The third kappa shape index (κ3) is 3.32. The fraction of sp³-hybridized carbons (Fsp3) is 0.412. The molecule has 0 saturated carbocycles. The highest BCUT2D eigenvalue weighted by Gasteiger charge is 2.24. The first-order chi connectivity index (χ1) is 11.6. The normalized spacial score (nSPS) is 14.6. The van der Waals surface area contributed by atoms with Gasteiger partial charge in [-0.2, -0.15) is 0 Å².